The molecule has 1 heterocycles. The number of benzene rings is 1. The minimum Gasteiger partial charge on any atom is -0.352 e. The van der Waals surface area contributed by atoms with Gasteiger partial charge in [-0.15, -0.1) is 0 Å². The lowest BCUT2D eigenvalue weighted by Crippen LogP contribution is -2.24. The van der Waals surface area contributed by atoms with Crippen LogP contribution in [0, 0.1) is 5.92 Å². The zero-order chi connectivity index (χ0) is 11.0. The second-order valence-electron chi connectivity index (χ2n) is 4.70. The van der Waals surface area contributed by atoms with Crippen LogP contribution in [0.2, 0.25) is 0 Å². The summed E-state index contributed by atoms with van der Waals surface area (Å²) in [6.07, 6.45) is 2.14. The van der Waals surface area contributed by atoms with E-state index in [0.29, 0.717) is 12.5 Å². The topological polar surface area (TPSA) is 41.1 Å². The van der Waals surface area contributed by atoms with E-state index in [1.165, 1.54) is 16.7 Å². The van der Waals surface area contributed by atoms with E-state index in [1.54, 1.807) is 0 Å². The number of carbonyl (C=O) groups excluding carboxylic acids is 1. The molecule has 0 spiro atoms. The summed E-state index contributed by atoms with van der Waals surface area (Å²) >= 11 is 0. The molecule has 0 unspecified atom stereocenters. The highest BCUT2D eigenvalue weighted by molar-refractivity contribution is 5.80. The minimum atomic E-state index is 0.221. The second kappa shape index (κ2) is 3.91. The van der Waals surface area contributed by atoms with Crippen molar-refractivity contribution in [2.45, 2.75) is 32.5 Å². The SMILES string of the molecule is O=C(NCc1ccc2c(c1)CNC2)C1CC1. The smallest absolute Gasteiger partial charge is 0.223 e. The van der Waals surface area contributed by atoms with Gasteiger partial charge >= 0.3 is 0 Å². The van der Waals surface area contributed by atoms with Crippen molar-refractivity contribution >= 4 is 5.91 Å². The summed E-state index contributed by atoms with van der Waals surface area (Å²) in [5, 5.41) is 6.31. The summed E-state index contributed by atoms with van der Waals surface area (Å²) in [6.45, 7) is 2.60. The lowest BCUT2D eigenvalue weighted by molar-refractivity contribution is -0.122. The summed E-state index contributed by atoms with van der Waals surface area (Å²) in [6, 6.07) is 6.47. The maximum absolute atomic E-state index is 11.5. The summed E-state index contributed by atoms with van der Waals surface area (Å²) in [7, 11) is 0. The first-order chi connectivity index (χ1) is 7.83. The number of hydrogen-bond acceptors (Lipinski definition) is 2. The molecule has 3 nitrogen and oxygen atoms in total. The zero-order valence-electron chi connectivity index (χ0n) is 9.25. The van der Waals surface area contributed by atoms with E-state index < -0.39 is 0 Å². The molecule has 3 rings (SSSR count). The van der Waals surface area contributed by atoms with E-state index in [9.17, 15) is 4.79 Å². The molecule has 2 N–H and O–H groups in total. The highest BCUT2D eigenvalue weighted by Gasteiger charge is 2.29. The van der Waals surface area contributed by atoms with Crippen LogP contribution in [0.15, 0.2) is 18.2 Å². The first-order valence-electron chi connectivity index (χ1n) is 5.92. The average Bonchev–Trinajstić information content (AvgIpc) is 3.04. The first kappa shape index (κ1) is 9.85. The Morgan fingerprint density at radius 2 is 2.12 bits per heavy atom. The van der Waals surface area contributed by atoms with Crippen LogP contribution in [0.4, 0.5) is 0 Å². The van der Waals surface area contributed by atoms with Gasteiger partial charge in [-0.3, -0.25) is 4.79 Å². The molecule has 1 aromatic rings. The van der Waals surface area contributed by atoms with E-state index in [1.807, 2.05) is 0 Å². The summed E-state index contributed by atoms with van der Waals surface area (Å²) < 4.78 is 0. The van der Waals surface area contributed by atoms with Gasteiger partial charge in [-0.25, -0.2) is 0 Å². The number of amides is 1. The van der Waals surface area contributed by atoms with E-state index in [-0.39, 0.29) is 5.91 Å². The van der Waals surface area contributed by atoms with Crippen LogP contribution in [-0.2, 0) is 24.4 Å². The number of nitrogens with one attached hydrogen (secondary N) is 2. The van der Waals surface area contributed by atoms with Crippen LogP contribution in [0.3, 0.4) is 0 Å². The lowest BCUT2D eigenvalue weighted by atomic mass is 10.1. The first-order valence-corrected chi connectivity index (χ1v) is 5.92. The van der Waals surface area contributed by atoms with Crippen molar-refractivity contribution in [3.8, 4) is 0 Å². The normalized spacial score (nSPS) is 18.2. The van der Waals surface area contributed by atoms with E-state index in [0.717, 1.165) is 25.9 Å². The fourth-order valence-electron chi connectivity index (χ4n) is 2.14. The Morgan fingerprint density at radius 3 is 2.94 bits per heavy atom. The molecular weight excluding hydrogens is 200 g/mol. The van der Waals surface area contributed by atoms with Gasteiger partial charge in [-0.05, 0) is 29.5 Å². The molecule has 0 aromatic heterocycles. The lowest BCUT2D eigenvalue weighted by Gasteiger charge is -2.06. The third-order valence-electron chi connectivity index (χ3n) is 3.32. The molecule has 0 radical (unpaired) electrons. The highest BCUT2D eigenvalue weighted by atomic mass is 16.2. The number of hydrogen-bond donors (Lipinski definition) is 2. The molecule has 1 aliphatic heterocycles. The Bertz CT molecular complexity index is 424. The van der Waals surface area contributed by atoms with Crippen LogP contribution >= 0.6 is 0 Å². The Hall–Kier alpha value is -1.35. The van der Waals surface area contributed by atoms with E-state index >= 15 is 0 Å². The molecule has 84 valence electrons. The van der Waals surface area contributed by atoms with Crippen molar-refractivity contribution in [1.82, 2.24) is 10.6 Å². The maximum Gasteiger partial charge on any atom is 0.223 e. The Labute approximate surface area is 95.2 Å². The molecule has 2 aliphatic rings. The molecule has 1 aromatic carbocycles. The van der Waals surface area contributed by atoms with Crippen molar-refractivity contribution < 1.29 is 4.79 Å². The van der Waals surface area contributed by atoms with Crippen LogP contribution in [0.25, 0.3) is 0 Å². The molecule has 3 heteroatoms. The number of carbonyl (C=O) groups is 1. The van der Waals surface area contributed by atoms with E-state index in [4.69, 9.17) is 0 Å². The van der Waals surface area contributed by atoms with Gasteiger partial charge < -0.3 is 10.6 Å². The molecule has 1 saturated carbocycles. The van der Waals surface area contributed by atoms with Crippen LogP contribution < -0.4 is 10.6 Å². The van der Waals surface area contributed by atoms with Gasteiger partial charge in [0.1, 0.15) is 0 Å². The molecule has 0 bridgehead atoms. The Kier molecular flexibility index (Phi) is 2.40. The third kappa shape index (κ3) is 1.95. The summed E-state index contributed by atoms with van der Waals surface area (Å²) in [5.41, 5.74) is 3.96. The molecule has 1 amide bonds. The van der Waals surface area contributed by atoms with Crippen molar-refractivity contribution in [1.29, 1.82) is 0 Å². The molecule has 1 aliphatic carbocycles. The highest BCUT2D eigenvalue weighted by Crippen LogP contribution is 2.28. The summed E-state index contributed by atoms with van der Waals surface area (Å²) in [4.78, 5) is 11.5. The maximum atomic E-state index is 11.5. The zero-order valence-corrected chi connectivity index (χ0v) is 9.25. The predicted molar refractivity (Wildman–Crippen MR) is 61.6 cm³/mol. The molecule has 16 heavy (non-hydrogen) atoms. The fraction of sp³-hybridized carbons (Fsp3) is 0.462. The largest absolute Gasteiger partial charge is 0.352 e. The third-order valence-corrected chi connectivity index (χ3v) is 3.32. The van der Waals surface area contributed by atoms with Gasteiger partial charge in [0.25, 0.3) is 0 Å². The van der Waals surface area contributed by atoms with Gasteiger partial charge in [0.05, 0.1) is 0 Å². The number of fused-ring (bicyclic) bond motifs is 1. The Balaban J connectivity index is 1.63. The second-order valence-corrected chi connectivity index (χ2v) is 4.70. The average molecular weight is 216 g/mol. The molecule has 1 fully saturated rings. The van der Waals surface area contributed by atoms with Crippen LogP contribution in [0.1, 0.15) is 29.5 Å². The van der Waals surface area contributed by atoms with Crippen LogP contribution in [0.5, 0.6) is 0 Å². The van der Waals surface area contributed by atoms with Crippen molar-refractivity contribution in [3.05, 3.63) is 34.9 Å². The number of rotatable bonds is 3. The molecule has 0 saturated heterocycles. The van der Waals surface area contributed by atoms with Crippen LogP contribution in [-0.4, -0.2) is 5.91 Å². The minimum absolute atomic E-state index is 0.221. The van der Waals surface area contributed by atoms with Gasteiger partial charge in [-0.2, -0.15) is 0 Å². The Morgan fingerprint density at radius 1 is 1.31 bits per heavy atom. The van der Waals surface area contributed by atoms with Crippen molar-refractivity contribution in [3.63, 3.8) is 0 Å². The van der Waals surface area contributed by atoms with Gasteiger partial charge in [0.15, 0.2) is 0 Å². The molecule has 0 atom stereocenters. The standard InChI is InChI=1S/C13H16N2O/c16-13(10-3-4-10)15-6-9-1-2-11-7-14-8-12(11)5-9/h1-2,5,10,14H,3-4,6-8H2,(H,15,16). The van der Waals surface area contributed by atoms with Gasteiger partial charge in [0, 0.05) is 25.6 Å². The van der Waals surface area contributed by atoms with Gasteiger partial charge in [0.2, 0.25) is 5.91 Å². The fourth-order valence-corrected chi connectivity index (χ4v) is 2.14. The molecular formula is C13H16N2O. The van der Waals surface area contributed by atoms with E-state index in [2.05, 4.69) is 28.8 Å². The monoisotopic (exact) mass is 216 g/mol. The predicted octanol–water partition coefficient (Wildman–Crippen LogP) is 1.32. The summed E-state index contributed by atoms with van der Waals surface area (Å²) in [5.74, 6) is 0.523. The van der Waals surface area contributed by atoms with Crippen molar-refractivity contribution in [2.24, 2.45) is 5.92 Å². The van der Waals surface area contributed by atoms with Gasteiger partial charge in [-0.1, -0.05) is 18.2 Å². The quantitative estimate of drug-likeness (QED) is 0.800. The van der Waals surface area contributed by atoms with Crippen molar-refractivity contribution in [2.75, 3.05) is 0 Å².